The van der Waals surface area contributed by atoms with Crippen molar-refractivity contribution in [3.05, 3.63) is 89.5 Å². The number of nitrogens with one attached hydrogen (secondary N) is 1. The van der Waals surface area contributed by atoms with Gasteiger partial charge < -0.3 is 19.5 Å². The van der Waals surface area contributed by atoms with Gasteiger partial charge in [-0.25, -0.2) is 4.79 Å². The molecule has 3 aromatic rings. The van der Waals surface area contributed by atoms with Gasteiger partial charge in [0.25, 0.3) is 5.91 Å². The maximum atomic E-state index is 12.4. The number of esters is 1. The minimum absolute atomic E-state index is 0.0235. The lowest BCUT2D eigenvalue weighted by Crippen LogP contribution is -2.12. The third kappa shape index (κ3) is 6.97. The maximum Gasteiger partial charge on any atom is 0.336 e. The first-order valence-electron chi connectivity index (χ1n) is 10.6. The van der Waals surface area contributed by atoms with E-state index < -0.39 is 5.97 Å². The lowest BCUT2D eigenvalue weighted by atomic mass is 10.2. The number of anilines is 1. The van der Waals surface area contributed by atoms with E-state index in [2.05, 4.69) is 5.32 Å². The first-order valence-corrected chi connectivity index (χ1v) is 10.6. The Morgan fingerprint density at radius 2 is 1.61 bits per heavy atom. The Morgan fingerprint density at radius 3 is 2.24 bits per heavy atom. The van der Waals surface area contributed by atoms with Crippen molar-refractivity contribution in [1.82, 2.24) is 0 Å². The van der Waals surface area contributed by atoms with Crippen molar-refractivity contribution < 1.29 is 23.8 Å². The standard InChI is InChI=1S/C27H27NO5/c1-18(2)32-24-15-7-20(17-25(24)31-4)8-16-26(29)33-23-13-9-21(10-14-23)27(30)28-22-11-5-19(3)6-12-22/h5-18H,1-4H3,(H,28,30)/b16-8+. The van der Waals surface area contributed by atoms with Gasteiger partial charge in [0, 0.05) is 17.3 Å². The van der Waals surface area contributed by atoms with Gasteiger partial charge in [-0.3, -0.25) is 4.79 Å². The molecule has 0 unspecified atom stereocenters. The van der Waals surface area contributed by atoms with Gasteiger partial charge in [0.2, 0.25) is 0 Å². The molecular formula is C27H27NO5. The highest BCUT2D eigenvalue weighted by Crippen LogP contribution is 2.29. The molecule has 0 aromatic heterocycles. The SMILES string of the molecule is COc1cc(/C=C/C(=O)Oc2ccc(C(=O)Nc3ccc(C)cc3)cc2)ccc1OC(C)C. The van der Waals surface area contributed by atoms with Crippen molar-refractivity contribution in [3.63, 3.8) is 0 Å². The third-order valence-electron chi connectivity index (χ3n) is 4.61. The number of aryl methyl sites for hydroxylation is 1. The van der Waals surface area contributed by atoms with Crippen LogP contribution >= 0.6 is 0 Å². The normalized spacial score (nSPS) is 10.8. The summed E-state index contributed by atoms with van der Waals surface area (Å²) in [5.41, 5.74) is 3.06. The molecule has 0 fully saturated rings. The van der Waals surface area contributed by atoms with Crippen LogP contribution < -0.4 is 19.5 Å². The zero-order valence-electron chi connectivity index (χ0n) is 19.1. The average molecular weight is 446 g/mol. The molecule has 1 N–H and O–H groups in total. The van der Waals surface area contributed by atoms with Gasteiger partial charge in [-0.1, -0.05) is 23.8 Å². The number of hydrogen-bond donors (Lipinski definition) is 1. The van der Waals surface area contributed by atoms with Crippen molar-refractivity contribution >= 4 is 23.6 Å². The summed E-state index contributed by atoms with van der Waals surface area (Å²) in [5, 5.41) is 2.83. The fourth-order valence-electron chi connectivity index (χ4n) is 2.97. The highest BCUT2D eigenvalue weighted by Gasteiger charge is 2.09. The predicted molar refractivity (Wildman–Crippen MR) is 129 cm³/mol. The molecule has 0 atom stereocenters. The van der Waals surface area contributed by atoms with E-state index in [-0.39, 0.29) is 12.0 Å². The second kappa shape index (κ2) is 11.0. The fourth-order valence-corrected chi connectivity index (χ4v) is 2.97. The van der Waals surface area contributed by atoms with E-state index in [1.54, 1.807) is 49.6 Å². The Labute approximate surface area is 193 Å². The molecular weight excluding hydrogens is 418 g/mol. The first-order chi connectivity index (χ1) is 15.8. The topological polar surface area (TPSA) is 73.9 Å². The summed E-state index contributed by atoms with van der Waals surface area (Å²) in [6, 6.07) is 19.3. The molecule has 0 saturated heterocycles. The van der Waals surface area contributed by atoms with E-state index in [0.29, 0.717) is 28.5 Å². The van der Waals surface area contributed by atoms with Crippen molar-refractivity contribution in [3.8, 4) is 17.2 Å². The molecule has 0 aliphatic heterocycles. The van der Waals surface area contributed by atoms with Gasteiger partial charge in [0.05, 0.1) is 13.2 Å². The van der Waals surface area contributed by atoms with Crippen molar-refractivity contribution in [1.29, 1.82) is 0 Å². The number of rotatable bonds is 8. The molecule has 0 saturated carbocycles. The summed E-state index contributed by atoms with van der Waals surface area (Å²) in [4.78, 5) is 24.6. The zero-order valence-corrected chi connectivity index (χ0v) is 19.1. The minimum Gasteiger partial charge on any atom is -0.493 e. The van der Waals surface area contributed by atoms with Gasteiger partial charge in [0.15, 0.2) is 11.5 Å². The summed E-state index contributed by atoms with van der Waals surface area (Å²) < 4.78 is 16.4. The number of amides is 1. The highest BCUT2D eigenvalue weighted by molar-refractivity contribution is 6.04. The summed E-state index contributed by atoms with van der Waals surface area (Å²) in [6.45, 7) is 5.86. The molecule has 33 heavy (non-hydrogen) atoms. The summed E-state index contributed by atoms with van der Waals surface area (Å²) in [7, 11) is 1.56. The third-order valence-corrected chi connectivity index (χ3v) is 4.61. The number of methoxy groups -OCH3 is 1. The molecule has 3 rings (SSSR count). The number of carbonyl (C=O) groups excluding carboxylic acids is 2. The van der Waals surface area contributed by atoms with Crippen LogP contribution in [0.2, 0.25) is 0 Å². The lowest BCUT2D eigenvalue weighted by Gasteiger charge is -2.13. The fraction of sp³-hybridized carbons (Fsp3) is 0.185. The lowest BCUT2D eigenvalue weighted by molar-refractivity contribution is -0.128. The number of ether oxygens (including phenoxy) is 3. The summed E-state index contributed by atoms with van der Waals surface area (Å²) in [5.74, 6) is 0.788. The molecule has 0 bridgehead atoms. The molecule has 0 radical (unpaired) electrons. The Hall–Kier alpha value is -4.06. The predicted octanol–water partition coefficient (Wildman–Crippen LogP) is 5.66. The van der Waals surface area contributed by atoms with Crippen LogP contribution in [0, 0.1) is 6.92 Å². The van der Waals surface area contributed by atoms with Gasteiger partial charge in [-0.15, -0.1) is 0 Å². The molecule has 6 nitrogen and oxygen atoms in total. The van der Waals surface area contributed by atoms with Crippen LogP contribution in [0.3, 0.4) is 0 Å². The molecule has 0 aliphatic rings. The molecule has 6 heteroatoms. The average Bonchev–Trinajstić information content (AvgIpc) is 2.80. The van der Waals surface area contributed by atoms with Crippen LogP contribution in [0.25, 0.3) is 6.08 Å². The molecule has 1 amide bonds. The minimum atomic E-state index is -0.534. The molecule has 0 heterocycles. The quantitative estimate of drug-likeness (QED) is 0.275. The van der Waals surface area contributed by atoms with E-state index >= 15 is 0 Å². The first kappa shape index (κ1) is 23.6. The van der Waals surface area contributed by atoms with Gasteiger partial charge in [0.1, 0.15) is 5.75 Å². The van der Waals surface area contributed by atoms with Crippen LogP contribution in [0.4, 0.5) is 5.69 Å². The molecule has 3 aromatic carbocycles. The van der Waals surface area contributed by atoms with E-state index in [1.807, 2.05) is 51.1 Å². The summed E-state index contributed by atoms with van der Waals surface area (Å²) >= 11 is 0. The van der Waals surface area contributed by atoms with Crippen molar-refractivity contribution in [2.24, 2.45) is 0 Å². The molecule has 0 spiro atoms. The molecule has 170 valence electrons. The van der Waals surface area contributed by atoms with Crippen LogP contribution in [-0.4, -0.2) is 25.1 Å². The maximum absolute atomic E-state index is 12.4. The Kier molecular flexibility index (Phi) is 7.86. The molecule has 0 aliphatic carbocycles. The smallest absolute Gasteiger partial charge is 0.336 e. The Bertz CT molecular complexity index is 1130. The van der Waals surface area contributed by atoms with Crippen molar-refractivity contribution in [2.75, 3.05) is 12.4 Å². The van der Waals surface area contributed by atoms with Crippen LogP contribution in [-0.2, 0) is 4.79 Å². The number of hydrogen-bond acceptors (Lipinski definition) is 5. The van der Waals surface area contributed by atoms with Crippen LogP contribution in [0.5, 0.6) is 17.2 Å². The van der Waals surface area contributed by atoms with E-state index in [9.17, 15) is 9.59 Å². The van der Waals surface area contributed by atoms with E-state index in [1.165, 1.54) is 6.08 Å². The van der Waals surface area contributed by atoms with Crippen molar-refractivity contribution in [2.45, 2.75) is 26.9 Å². The Morgan fingerprint density at radius 1 is 0.909 bits per heavy atom. The zero-order chi connectivity index (χ0) is 23.8. The number of carbonyl (C=O) groups is 2. The number of benzene rings is 3. The van der Waals surface area contributed by atoms with E-state index in [4.69, 9.17) is 14.2 Å². The van der Waals surface area contributed by atoms with Gasteiger partial charge in [-0.2, -0.15) is 0 Å². The van der Waals surface area contributed by atoms with Crippen LogP contribution in [0.15, 0.2) is 72.8 Å². The Balaban J connectivity index is 1.58. The monoisotopic (exact) mass is 445 g/mol. The van der Waals surface area contributed by atoms with Gasteiger partial charge in [-0.05, 0) is 80.9 Å². The van der Waals surface area contributed by atoms with Gasteiger partial charge >= 0.3 is 5.97 Å². The second-order valence-electron chi connectivity index (χ2n) is 7.68. The largest absolute Gasteiger partial charge is 0.493 e. The van der Waals surface area contributed by atoms with E-state index in [0.717, 1.165) is 11.1 Å². The van der Waals surface area contributed by atoms with Crippen LogP contribution in [0.1, 0.15) is 35.3 Å². The highest BCUT2D eigenvalue weighted by atomic mass is 16.5. The second-order valence-corrected chi connectivity index (χ2v) is 7.68. The summed E-state index contributed by atoms with van der Waals surface area (Å²) in [6.07, 6.45) is 2.98.